The Hall–Kier alpha value is -2.73. The third kappa shape index (κ3) is 2.79. The number of fused-ring (bicyclic) bond motifs is 2. The molecule has 12 heteroatoms. The average Bonchev–Trinajstić information content (AvgIpc) is 2.82. The number of rotatable bonds is 3. The summed E-state index contributed by atoms with van der Waals surface area (Å²) in [7, 11) is -5.38. The molecule has 28 heavy (non-hydrogen) atoms. The molecule has 0 atom stereocenters. The van der Waals surface area contributed by atoms with Crippen LogP contribution in [-0.2, 0) is 20.2 Å². The van der Waals surface area contributed by atoms with E-state index in [1.807, 2.05) is 0 Å². The van der Waals surface area contributed by atoms with Gasteiger partial charge in [-0.05, 0) is 18.2 Å². The Morgan fingerprint density at radius 3 is 2.29 bits per heavy atom. The molecule has 2 heterocycles. The zero-order valence-corrected chi connectivity index (χ0v) is 16.5. The summed E-state index contributed by atoms with van der Waals surface area (Å²) in [5.41, 5.74) is -0.1000. The zero-order valence-electron chi connectivity index (χ0n) is 14.8. The minimum absolute atomic E-state index is 0.113. The number of nitrogens with one attached hydrogen (secondary N) is 1. The van der Waals surface area contributed by atoms with Gasteiger partial charge in [-0.1, -0.05) is 0 Å². The van der Waals surface area contributed by atoms with Gasteiger partial charge < -0.3 is 9.47 Å². The fourth-order valence-electron chi connectivity index (χ4n) is 2.96. The average molecular weight is 429 g/mol. The van der Waals surface area contributed by atoms with E-state index in [9.17, 15) is 21.2 Å². The van der Waals surface area contributed by atoms with E-state index >= 15 is 0 Å². The van der Waals surface area contributed by atoms with Crippen LogP contribution in [0.5, 0.6) is 11.5 Å². The van der Waals surface area contributed by atoms with Crippen molar-refractivity contribution in [2.45, 2.75) is 4.90 Å². The van der Waals surface area contributed by atoms with Crippen LogP contribution in [0.25, 0.3) is 0 Å². The number of anilines is 3. The summed E-state index contributed by atoms with van der Waals surface area (Å²) in [6.45, 7) is 0.653. The summed E-state index contributed by atoms with van der Waals surface area (Å²) in [6.07, 6.45) is 0. The lowest BCUT2D eigenvalue weighted by Gasteiger charge is -2.19. The number of hydrogen-bond donors (Lipinski definition) is 1. The van der Waals surface area contributed by atoms with E-state index in [4.69, 9.17) is 9.47 Å². The van der Waals surface area contributed by atoms with Crippen molar-refractivity contribution in [1.82, 2.24) is 0 Å². The molecule has 0 aromatic heterocycles. The van der Waals surface area contributed by atoms with Crippen molar-refractivity contribution in [1.29, 1.82) is 0 Å². The zero-order chi connectivity index (χ0) is 20.3. The van der Waals surface area contributed by atoms with E-state index in [-0.39, 0.29) is 34.3 Å². The first kappa shape index (κ1) is 18.6. The SMILES string of the molecule is CN1c2cc(F)c(NS(=O)(=O)c3ccc4c(c3)OCCO4)cc2N(C)S1(=O)=O. The van der Waals surface area contributed by atoms with Gasteiger partial charge in [0.05, 0.1) is 22.0 Å². The van der Waals surface area contributed by atoms with Crippen molar-refractivity contribution in [3.63, 3.8) is 0 Å². The van der Waals surface area contributed by atoms with E-state index in [1.165, 1.54) is 32.3 Å². The maximum Gasteiger partial charge on any atom is 0.326 e. The quantitative estimate of drug-likeness (QED) is 0.793. The number of nitrogens with zero attached hydrogens (tertiary/aromatic N) is 2. The molecule has 0 amide bonds. The Balaban J connectivity index is 1.71. The van der Waals surface area contributed by atoms with Crippen LogP contribution in [0.3, 0.4) is 0 Å². The number of hydrogen-bond acceptors (Lipinski definition) is 6. The Morgan fingerprint density at radius 2 is 1.61 bits per heavy atom. The van der Waals surface area contributed by atoms with Crippen molar-refractivity contribution in [3.05, 3.63) is 36.1 Å². The highest BCUT2D eigenvalue weighted by atomic mass is 32.2. The van der Waals surface area contributed by atoms with Gasteiger partial charge in [-0.2, -0.15) is 8.42 Å². The summed E-state index contributed by atoms with van der Waals surface area (Å²) in [5, 5.41) is 0. The van der Waals surface area contributed by atoms with Crippen LogP contribution in [0.4, 0.5) is 21.5 Å². The molecule has 0 saturated heterocycles. The highest BCUT2D eigenvalue weighted by Crippen LogP contribution is 2.42. The molecule has 0 radical (unpaired) electrons. The van der Waals surface area contributed by atoms with Crippen molar-refractivity contribution >= 4 is 37.3 Å². The summed E-state index contributed by atoms with van der Waals surface area (Å²) >= 11 is 0. The predicted molar refractivity (Wildman–Crippen MR) is 100 cm³/mol. The molecular formula is C16H16FN3O6S2. The minimum Gasteiger partial charge on any atom is -0.486 e. The summed E-state index contributed by atoms with van der Waals surface area (Å²) in [5.74, 6) is -0.211. The predicted octanol–water partition coefficient (Wildman–Crippen LogP) is 1.53. The molecule has 2 aromatic carbocycles. The fraction of sp³-hybridized carbons (Fsp3) is 0.250. The van der Waals surface area contributed by atoms with Crippen molar-refractivity contribution < 1.29 is 30.7 Å². The normalized spacial score (nSPS) is 17.4. The molecular weight excluding hydrogens is 413 g/mol. The number of benzene rings is 2. The molecule has 0 fully saturated rings. The topological polar surface area (TPSA) is 105 Å². The van der Waals surface area contributed by atoms with Crippen molar-refractivity contribution in [2.24, 2.45) is 0 Å². The van der Waals surface area contributed by atoms with Crippen molar-refractivity contribution in [2.75, 3.05) is 40.6 Å². The van der Waals surface area contributed by atoms with Crippen LogP contribution in [0.15, 0.2) is 35.2 Å². The van der Waals surface area contributed by atoms with E-state index in [2.05, 4.69) is 4.72 Å². The van der Waals surface area contributed by atoms with Gasteiger partial charge in [-0.3, -0.25) is 13.3 Å². The lowest BCUT2D eigenvalue weighted by Crippen LogP contribution is -2.32. The summed E-state index contributed by atoms with van der Waals surface area (Å²) in [6, 6.07) is 6.16. The third-order valence-electron chi connectivity index (χ3n) is 4.50. The maximum atomic E-state index is 14.5. The molecule has 0 saturated carbocycles. The van der Waals surface area contributed by atoms with Crippen LogP contribution in [0.1, 0.15) is 0 Å². The lowest BCUT2D eigenvalue weighted by molar-refractivity contribution is 0.171. The van der Waals surface area contributed by atoms with Crippen LogP contribution in [0, 0.1) is 5.82 Å². The molecule has 2 aliphatic rings. The second-order valence-corrected chi connectivity index (χ2v) is 9.85. The smallest absolute Gasteiger partial charge is 0.326 e. The number of sulfonamides is 1. The number of halogens is 1. The van der Waals surface area contributed by atoms with Gasteiger partial charge in [-0.15, -0.1) is 0 Å². The monoisotopic (exact) mass is 429 g/mol. The van der Waals surface area contributed by atoms with Crippen LogP contribution < -0.4 is 22.8 Å². The minimum atomic E-state index is -4.15. The van der Waals surface area contributed by atoms with Gasteiger partial charge in [0.25, 0.3) is 10.0 Å². The molecule has 0 bridgehead atoms. The summed E-state index contributed by atoms with van der Waals surface area (Å²) in [4.78, 5) is -0.144. The molecule has 150 valence electrons. The Labute approximate surface area is 161 Å². The van der Waals surface area contributed by atoms with E-state index in [0.717, 1.165) is 20.7 Å². The van der Waals surface area contributed by atoms with Gasteiger partial charge in [0, 0.05) is 26.2 Å². The molecule has 0 unspecified atom stereocenters. The second kappa shape index (κ2) is 6.14. The first-order chi connectivity index (χ1) is 13.1. The molecule has 9 nitrogen and oxygen atoms in total. The Morgan fingerprint density at radius 1 is 1.00 bits per heavy atom. The third-order valence-corrected chi connectivity index (χ3v) is 7.64. The van der Waals surface area contributed by atoms with Crippen LogP contribution >= 0.6 is 0 Å². The standard InChI is InChI=1S/C16H16FN3O6S2/c1-19-13-8-11(17)12(9-14(13)20(2)28(19,23)24)18-27(21,22)10-3-4-15-16(7-10)26-6-5-25-15/h3-4,7-9,18H,5-6H2,1-2H3. The molecule has 4 rings (SSSR count). The van der Waals surface area contributed by atoms with Gasteiger partial charge in [-0.25, -0.2) is 12.8 Å². The second-order valence-electron chi connectivity index (χ2n) is 6.17. The van der Waals surface area contributed by atoms with E-state index in [1.54, 1.807) is 0 Å². The highest BCUT2D eigenvalue weighted by molar-refractivity contribution is 7.94. The van der Waals surface area contributed by atoms with Crippen LogP contribution in [-0.4, -0.2) is 44.1 Å². The Kier molecular flexibility index (Phi) is 4.08. The van der Waals surface area contributed by atoms with Gasteiger partial charge in [0.1, 0.15) is 19.0 Å². The first-order valence-corrected chi connectivity index (χ1v) is 11.0. The molecule has 2 aromatic rings. The molecule has 2 aliphatic heterocycles. The molecule has 0 spiro atoms. The fourth-order valence-corrected chi connectivity index (χ4v) is 5.19. The number of ether oxygens (including phenoxy) is 2. The van der Waals surface area contributed by atoms with Gasteiger partial charge >= 0.3 is 10.2 Å². The maximum absolute atomic E-state index is 14.5. The van der Waals surface area contributed by atoms with Crippen LogP contribution in [0.2, 0.25) is 0 Å². The first-order valence-electron chi connectivity index (χ1n) is 8.10. The summed E-state index contributed by atoms with van der Waals surface area (Å²) < 4.78 is 79.0. The van der Waals surface area contributed by atoms with E-state index in [0.29, 0.717) is 12.4 Å². The Bertz CT molecular complexity index is 1180. The highest BCUT2D eigenvalue weighted by Gasteiger charge is 2.36. The van der Waals surface area contributed by atoms with Gasteiger partial charge in [0.2, 0.25) is 0 Å². The molecule has 0 aliphatic carbocycles. The van der Waals surface area contributed by atoms with E-state index < -0.39 is 26.0 Å². The van der Waals surface area contributed by atoms with Gasteiger partial charge in [0.15, 0.2) is 11.5 Å². The van der Waals surface area contributed by atoms with Crippen molar-refractivity contribution in [3.8, 4) is 11.5 Å². The molecule has 1 N–H and O–H groups in total. The lowest BCUT2D eigenvalue weighted by atomic mass is 10.2. The largest absolute Gasteiger partial charge is 0.486 e.